The van der Waals surface area contributed by atoms with Crippen molar-refractivity contribution in [2.45, 2.75) is 13.3 Å². The second-order valence-electron chi connectivity index (χ2n) is 5.16. The van der Waals surface area contributed by atoms with Gasteiger partial charge in [-0.25, -0.2) is 4.98 Å². The van der Waals surface area contributed by atoms with Crippen LogP contribution in [0.5, 0.6) is 5.75 Å². The molecule has 0 unspecified atom stereocenters. The van der Waals surface area contributed by atoms with Crippen molar-refractivity contribution in [3.8, 4) is 17.0 Å². The first-order chi connectivity index (χ1) is 11.8. The maximum Gasteiger partial charge on any atom is 0.204 e. The Balaban J connectivity index is 1.76. The van der Waals surface area contributed by atoms with Crippen molar-refractivity contribution >= 4 is 22.7 Å². The molecule has 3 aromatic rings. The fourth-order valence-electron chi connectivity index (χ4n) is 2.34. The highest BCUT2D eigenvalue weighted by atomic mass is 32.1. The van der Waals surface area contributed by atoms with Crippen molar-refractivity contribution in [2.75, 3.05) is 12.5 Å². The molecule has 2 aromatic carbocycles. The van der Waals surface area contributed by atoms with E-state index in [1.54, 1.807) is 24.7 Å². The fraction of sp³-hybridized carbons (Fsp3) is 0.158. The average molecular weight is 337 g/mol. The standard InChI is InChI=1S/C19H19N3OS/c1-3-17-18(15-9-5-4-6-10-15)21-19(24-17)22-20-13-14-8-7-11-16(12-14)23-2/h4-13H,3H2,1-2H3,(H,21,22)/b20-13+. The molecule has 0 saturated carbocycles. The van der Waals surface area contributed by atoms with Gasteiger partial charge in [-0.2, -0.15) is 5.10 Å². The van der Waals surface area contributed by atoms with E-state index in [9.17, 15) is 0 Å². The highest BCUT2D eigenvalue weighted by Gasteiger charge is 2.10. The summed E-state index contributed by atoms with van der Waals surface area (Å²) < 4.78 is 5.21. The van der Waals surface area contributed by atoms with Gasteiger partial charge in [-0.1, -0.05) is 60.7 Å². The Bertz CT molecular complexity index is 828. The van der Waals surface area contributed by atoms with Crippen LogP contribution in [0, 0.1) is 0 Å². The molecular formula is C19H19N3OS. The van der Waals surface area contributed by atoms with Crippen molar-refractivity contribution in [2.24, 2.45) is 5.10 Å². The molecule has 24 heavy (non-hydrogen) atoms. The molecule has 0 aliphatic carbocycles. The normalized spacial score (nSPS) is 10.9. The predicted octanol–water partition coefficient (Wildman–Crippen LogP) is 4.83. The van der Waals surface area contributed by atoms with E-state index in [2.05, 4.69) is 34.6 Å². The van der Waals surface area contributed by atoms with Crippen molar-refractivity contribution in [3.63, 3.8) is 0 Å². The third-order valence-electron chi connectivity index (χ3n) is 3.53. The Hall–Kier alpha value is -2.66. The first kappa shape index (κ1) is 16.2. The number of anilines is 1. The lowest BCUT2D eigenvalue weighted by Crippen LogP contribution is -1.91. The lowest BCUT2D eigenvalue weighted by molar-refractivity contribution is 0.415. The summed E-state index contributed by atoms with van der Waals surface area (Å²) in [6, 6.07) is 18.0. The number of hydrogen-bond donors (Lipinski definition) is 1. The van der Waals surface area contributed by atoms with Crippen molar-refractivity contribution in [3.05, 3.63) is 65.0 Å². The maximum absolute atomic E-state index is 5.21. The summed E-state index contributed by atoms with van der Waals surface area (Å²) in [7, 11) is 1.65. The molecule has 122 valence electrons. The largest absolute Gasteiger partial charge is 0.497 e. The monoisotopic (exact) mass is 337 g/mol. The molecule has 3 rings (SSSR count). The summed E-state index contributed by atoms with van der Waals surface area (Å²) in [6.45, 7) is 2.14. The number of thiazole rings is 1. The van der Waals surface area contributed by atoms with Gasteiger partial charge in [0.05, 0.1) is 19.0 Å². The smallest absolute Gasteiger partial charge is 0.204 e. The molecule has 1 aromatic heterocycles. The predicted molar refractivity (Wildman–Crippen MR) is 101 cm³/mol. The summed E-state index contributed by atoms with van der Waals surface area (Å²) >= 11 is 1.64. The SMILES string of the molecule is CCc1sc(N/N=C/c2cccc(OC)c2)nc1-c1ccccc1. The Morgan fingerprint density at radius 2 is 2.00 bits per heavy atom. The van der Waals surface area contributed by atoms with Gasteiger partial charge in [-0.15, -0.1) is 0 Å². The van der Waals surface area contributed by atoms with Crippen LogP contribution in [-0.2, 0) is 6.42 Å². The molecule has 0 bridgehead atoms. The summed E-state index contributed by atoms with van der Waals surface area (Å²) in [5, 5.41) is 5.08. The summed E-state index contributed by atoms with van der Waals surface area (Å²) in [5.41, 5.74) is 6.17. The Morgan fingerprint density at radius 1 is 1.17 bits per heavy atom. The average Bonchev–Trinajstić information content (AvgIpc) is 3.06. The Morgan fingerprint density at radius 3 is 2.75 bits per heavy atom. The molecular weight excluding hydrogens is 318 g/mol. The third-order valence-corrected chi connectivity index (χ3v) is 4.64. The zero-order chi connectivity index (χ0) is 16.8. The van der Waals surface area contributed by atoms with E-state index in [0.29, 0.717) is 0 Å². The minimum atomic E-state index is 0.796. The fourth-order valence-corrected chi connectivity index (χ4v) is 3.22. The minimum absolute atomic E-state index is 0.796. The van der Waals surface area contributed by atoms with Gasteiger partial charge >= 0.3 is 0 Å². The van der Waals surface area contributed by atoms with Gasteiger partial charge in [0.2, 0.25) is 5.13 Å². The van der Waals surface area contributed by atoms with Crippen molar-refractivity contribution in [1.29, 1.82) is 0 Å². The molecule has 1 heterocycles. The van der Waals surface area contributed by atoms with Gasteiger partial charge in [0.25, 0.3) is 0 Å². The molecule has 1 N–H and O–H groups in total. The highest BCUT2D eigenvalue weighted by Crippen LogP contribution is 2.31. The van der Waals surface area contributed by atoms with Gasteiger partial charge in [0, 0.05) is 10.4 Å². The zero-order valence-corrected chi connectivity index (χ0v) is 14.5. The first-order valence-corrected chi connectivity index (χ1v) is 8.60. The van der Waals surface area contributed by atoms with Crippen LogP contribution in [0.3, 0.4) is 0 Å². The van der Waals surface area contributed by atoms with E-state index in [4.69, 9.17) is 4.74 Å². The van der Waals surface area contributed by atoms with Gasteiger partial charge < -0.3 is 4.74 Å². The third kappa shape index (κ3) is 3.81. The molecule has 0 saturated heterocycles. The van der Waals surface area contributed by atoms with Gasteiger partial charge in [0.1, 0.15) is 5.75 Å². The molecule has 0 aliphatic rings. The number of hydrazone groups is 1. The second-order valence-corrected chi connectivity index (χ2v) is 6.24. The van der Waals surface area contributed by atoms with Crippen LogP contribution in [0.1, 0.15) is 17.4 Å². The van der Waals surface area contributed by atoms with E-state index in [-0.39, 0.29) is 0 Å². The Kier molecular flexibility index (Phi) is 5.23. The number of ether oxygens (including phenoxy) is 1. The van der Waals surface area contributed by atoms with E-state index in [1.165, 1.54) is 4.88 Å². The summed E-state index contributed by atoms with van der Waals surface area (Å²) in [4.78, 5) is 5.94. The second kappa shape index (κ2) is 7.75. The van der Waals surface area contributed by atoms with Crippen molar-refractivity contribution in [1.82, 2.24) is 4.98 Å². The van der Waals surface area contributed by atoms with Crippen LogP contribution in [0.4, 0.5) is 5.13 Å². The lowest BCUT2D eigenvalue weighted by atomic mass is 10.1. The molecule has 0 atom stereocenters. The zero-order valence-electron chi connectivity index (χ0n) is 13.7. The Labute approximate surface area is 145 Å². The molecule has 5 heteroatoms. The summed E-state index contributed by atoms with van der Waals surface area (Å²) in [5.74, 6) is 0.813. The minimum Gasteiger partial charge on any atom is -0.497 e. The number of hydrogen-bond acceptors (Lipinski definition) is 5. The number of nitrogens with zero attached hydrogens (tertiary/aromatic N) is 2. The van der Waals surface area contributed by atoms with Crippen LogP contribution in [0.2, 0.25) is 0 Å². The number of nitrogens with one attached hydrogen (secondary N) is 1. The number of rotatable bonds is 6. The van der Waals surface area contributed by atoms with Crippen LogP contribution >= 0.6 is 11.3 Å². The van der Waals surface area contributed by atoms with Gasteiger partial charge in [-0.3, -0.25) is 5.43 Å². The topological polar surface area (TPSA) is 46.5 Å². The van der Waals surface area contributed by atoms with E-state index in [1.807, 2.05) is 42.5 Å². The van der Waals surface area contributed by atoms with Crippen LogP contribution < -0.4 is 10.2 Å². The molecule has 0 aliphatic heterocycles. The van der Waals surface area contributed by atoms with E-state index in [0.717, 1.165) is 34.1 Å². The highest BCUT2D eigenvalue weighted by molar-refractivity contribution is 7.16. The number of methoxy groups -OCH3 is 1. The number of aromatic nitrogens is 1. The van der Waals surface area contributed by atoms with E-state index >= 15 is 0 Å². The van der Waals surface area contributed by atoms with Gasteiger partial charge in [0.15, 0.2) is 0 Å². The molecule has 0 radical (unpaired) electrons. The maximum atomic E-state index is 5.21. The molecule has 0 amide bonds. The summed E-state index contributed by atoms with van der Waals surface area (Å²) in [6.07, 6.45) is 2.71. The molecule has 0 spiro atoms. The van der Waals surface area contributed by atoms with Crippen molar-refractivity contribution < 1.29 is 4.74 Å². The quantitative estimate of drug-likeness (QED) is 0.518. The van der Waals surface area contributed by atoms with Gasteiger partial charge in [-0.05, 0) is 24.1 Å². The van der Waals surface area contributed by atoms with Crippen LogP contribution in [0.15, 0.2) is 59.7 Å². The van der Waals surface area contributed by atoms with E-state index < -0.39 is 0 Å². The molecule has 4 nitrogen and oxygen atoms in total. The lowest BCUT2D eigenvalue weighted by Gasteiger charge is -1.99. The number of aryl methyl sites for hydroxylation is 1. The first-order valence-electron chi connectivity index (χ1n) is 7.78. The molecule has 0 fully saturated rings. The van der Waals surface area contributed by atoms with Crippen LogP contribution in [0.25, 0.3) is 11.3 Å². The number of benzene rings is 2. The van der Waals surface area contributed by atoms with Crippen LogP contribution in [-0.4, -0.2) is 18.3 Å².